The smallest absolute Gasteiger partial charge is 0.664 e. The summed E-state index contributed by atoms with van der Waals surface area (Å²) in [6.07, 6.45) is 13.0. The molecule has 1 aliphatic carbocycles. The monoisotopic (exact) mass is 710 g/mol. The van der Waals surface area contributed by atoms with Gasteiger partial charge in [0, 0.05) is 12.0 Å². The van der Waals surface area contributed by atoms with Crippen molar-refractivity contribution < 1.29 is 24.2 Å². The minimum atomic E-state index is -0.685. The van der Waals surface area contributed by atoms with E-state index in [0.717, 1.165) is 74.9 Å². The van der Waals surface area contributed by atoms with Crippen LogP contribution in [0.5, 0.6) is 0 Å². The Balaban J connectivity index is 0.00000523. The first-order chi connectivity index (χ1) is 24.4. The van der Waals surface area contributed by atoms with Gasteiger partial charge in [0.05, 0.1) is 7.11 Å². The van der Waals surface area contributed by atoms with Gasteiger partial charge < -0.3 is 34.8 Å². The predicted octanol–water partition coefficient (Wildman–Crippen LogP) is 6.20. The average molecular weight is 711 g/mol. The maximum atomic E-state index is 13.4. The van der Waals surface area contributed by atoms with Crippen molar-refractivity contribution in [3.63, 3.8) is 0 Å². The molecule has 0 radical (unpaired) electrons. The van der Waals surface area contributed by atoms with E-state index in [1.54, 1.807) is 0 Å². The van der Waals surface area contributed by atoms with Crippen LogP contribution >= 0.6 is 0 Å². The van der Waals surface area contributed by atoms with Gasteiger partial charge in [0.25, 0.3) is 0 Å². The van der Waals surface area contributed by atoms with Crippen LogP contribution in [-0.2, 0) is 25.5 Å². The Hall–Kier alpha value is -4.41. The summed E-state index contributed by atoms with van der Waals surface area (Å²) < 4.78 is 10.8. The Labute approximate surface area is 321 Å². The molecule has 0 amide bonds. The van der Waals surface area contributed by atoms with Crippen molar-refractivity contribution in [2.24, 2.45) is 11.8 Å². The molecular weight excluding hydrogens is 665 g/mol. The Morgan fingerprint density at radius 1 is 0.962 bits per heavy atom. The zero-order valence-electron chi connectivity index (χ0n) is 31.6. The van der Waals surface area contributed by atoms with Crippen LogP contribution in [0, 0.1) is 32.6 Å². The van der Waals surface area contributed by atoms with Gasteiger partial charge in [0.15, 0.2) is 0 Å². The molecule has 2 atom stereocenters. The van der Waals surface area contributed by atoms with Gasteiger partial charge in [0.2, 0.25) is 0 Å². The minimum Gasteiger partial charge on any atom is -0.664 e. The Morgan fingerprint density at radius 3 is 2.35 bits per heavy atom. The van der Waals surface area contributed by atoms with Crippen molar-refractivity contribution in [3.8, 4) is 0 Å². The number of carbonyl (C=O) groups excluding carboxylic acids is 2. The first kappa shape index (κ1) is 38.8. The zero-order valence-corrected chi connectivity index (χ0v) is 33.0. The fourth-order valence-electron chi connectivity index (χ4n) is 7.61. The van der Waals surface area contributed by atoms with Gasteiger partial charge in [-0.05, 0) is 76.0 Å². The number of nitrogens with zero attached hydrogens (tertiary/aromatic N) is 4. The third kappa shape index (κ3) is 6.78. The van der Waals surface area contributed by atoms with Crippen LogP contribution in [0.15, 0.2) is 35.2 Å². The summed E-state index contributed by atoms with van der Waals surface area (Å²) in [6.45, 7) is 18.6. The van der Waals surface area contributed by atoms with E-state index in [1.807, 2.05) is 51.2 Å². The number of aliphatic hydroxyl groups is 1. The molecule has 5 heterocycles. The average Bonchev–Trinajstić information content (AvgIpc) is 3.84. The zero-order chi connectivity index (χ0) is 36.7. The van der Waals surface area contributed by atoms with Gasteiger partial charge in [-0.2, -0.15) is 5.70 Å². The summed E-state index contributed by atoms with van der Waals surface area (Å²) in [7, 11) is 1.29. The summed E-state index contributed by atoms with van der Waals surface area (Å²) in [5, 5.41) is 18.5. The molecule has 3 aliphatic rings. The molecule has 10 heteroatoms. The fourth-order valence-corrected chi connectivity index (χ4v) is 7.61. The number of hydrogen-bond acceptors (Lipinski definition) is 5. The fraction of sp³-hybridized carbons (Fsp3) is 0.381. The van der Waals surface area contributed by atoms with E-state index in [4.69, 9.17) is 29.7 Å². The number of fused-ring (bicyclic) bond motifs is 7. The number of esters is 2. The summed E-state index contributed by atoms with van der Waals surface area (Å²) in [4.78, 5) is 41.6. The molecule has 9 nitrogen and oxygen atoms in total. The van der Waals surface area contributed by atoms with Crippen molar-refractivity contribution in [1.29, 1.82) is 0 Å². The molecule has 268 valence electrons. The molecule has 1 N–H and O–H groups in total. The van der Waals surface area contributed by atoms with Crippen LogP contribution in [-0.4, -0.2) is 53.8 Å². The van der Waals surface area contributed by atoms with Crippen molar-refractivity contribution in [2.45, 2.75) is 80.6 Å². The molecule has 0 saturated carbocycles. The summed E-state index contributed by atoms with van der Waals surface area (Å²) in [6, 6.07) is 0. The third-order valence-corrected chi connectivity index (χ3v) is 10.6. The van der Waals surface area contributed by atoms with E-state index < -0.39 is 5.97 Å². The molecule has 1 saturated heterocycles. The normalized spacial score (nSPS) is 21.3. The largest absolute Gasteiger partial charge is 2.00 e. The first-order valence-corrected chi connectivity index (χ1v) is 17.8. The number of aromatic nitrogens is 3. The van der Waals surface area contributed by atoms with E-state index in [9.17, 15) is 14.7 Å². The number of ether oxygens (including phenoxy) is 2. The molecule has 0 aromatic carbocycles. The summed E-state index contributed by atoms with van der Waals surface area (Å²) in [5.74, 6) is -1.66. The number of methoxy groups -OCH3 is 1. The van der Waals surface area contributed by atoms with Gasteiger partial charge in [-0.15, -0.1) is 39.2 Å². The van der Waals surface area contributed by atoms with Gasteiger partial charge in [-0.1, -0.05) is 85.9 Å². The van der Waals surface area contributed by atoms with Crippen LogP contribution < -0.4 is 25.7 Å². The van der Waals surface area contributed by atoms with Gasteiger partial charge in [-0.3, -0.25) is 4.79 Å². The molecule has 6 rings (SSSR count). The minimum absolute atomic E-state index is 0. The van der Waals surface area contributed by atoms with Crippen molar-refractivity contribution in [3.05, 3.63) is 107 Å². The second-order valence-electron chi connectivity index (χ2n) is 13.7. The maximum Gasteiger partial charge on any atom is 2.00 e. The van der Waals surface area contributed by atoms with Crippen molar-refractivity contribution in [1.82, 2.24) is 15.0 Å². The quantitative estimate of drug-likeness (QED) is 0.150. The summed E-state index contributed by atoms with van der Waals surface area (Å²) in [5.41, 5.74) is 10.8. The molecule has 1 fully saturated rings. The van der Waals surface area contributed by atoms with E-state index in [1.165, 1.54) is 12.7 Å². The molecular formula is C42H46MgN4O5-2. The first-order valence-electron chi connectivity index (χ1n) is 17.8. The standard InChI is InChI=1S/C42H47N4O5.Mg/c1-10-13-21(4)16-17-51-35(47)15-14-28-24(7)31-18-29-22(5)26(11-2)33(43-29)19-30-23(6)27(12-3)34(44-30)20-32-25(8)36-40(46-32)37(39(28)45-31)38(41(36)48)42(49)50-9;/h11,16,18-20,24,28H,2,10,12-15,17H2,1,3-9H3,(H2-,45,46,48,49);/q-3;+2/p-1/b21-16+,30-19-,31-18-,34-20-;/t24-,28-;/m0./s1. The molecule has 52 heavy (non-hydrogen) atoms. The molecule has 3 aromatic heterocycles. The topological polar surface area (TPSA) is 129 Å². The van der Waals surface area contributed by atoms with Crippen molar-refractivity contribution >= 4 is 70.6 Å². The van der Waals surface area contributed by atoms with Crippen LogP contribution in [0.3, 0.4) is 0 Å². The molecule has 8 bridgehead atoms. The molecule has 3 aromatic rings. The Kier molecular flexibility index (Phi) is 11.7. The second-order valence-corrected chi connectivity index (χ2v) is 13.7. The Morgan fingerprint density at radius 2 is 1.67 bits per heavy atom. The molecule has 2 aliphatic heterocycles. The van der Waals surface area contributed by atoms with E-state index >= 15 is 0 Å². The van der Waals surface area contributed by atoms with Crippen LogP contribution in [0.25, 0.3) is 41.0 Å². The van der Waals surface area contributed by atoms with Crippen LogP contribution in [0.2, 0.25) is 0 Å². The maximum absolute atomic E-state index is 13.4. The number of carbonyl (C=O) groups is 2. The molecule has 0 spiro atoms. The van der Waals surface area contributed by atoms with E-state index in [0.29, 0.717) is 34.6 Å². The number of allylic oxidation sites excluding steroid dienone is 3. The van der Waals surface area contributed by atoms with Gasteiger partial charge in [0.1, 0.15) is 17.9 Å². The second kappa shape index (κ2) is 15.7. The van der Waals surface area contributed by atoms with Crippen molar-refractivity contribution in [2.75, 3.05) is 13.7 Å². The van der Waals surface area contributed by atoms with Crippen LogP contribution in [0.4, 0.5) is 0 Å². The number of rotatable bonds is 10. The number of aliphatic hydroxyl groups excluding tert-OH is 1. The number of hydrogen-bond donors (Lipinski definition) is 1. The van der Waals surface area contributed by atoms with Gasteiger partial charge >= 0.3 is 35.0 Å². The summed E-state index contributed by atoms with van der Waals surface area (Å²) >= 11 is 0. The third-order valence-electron chi connectivity index (χ3n) is 10.6. The Bertz CT molecular complexity index is 2200. The SMILES string of the molecule is C=Cc1c2[n-]c(c1C)/C=C1\[N-]/C(=C3/C(C(=O)OC)=C(O)c4c3[n-]c(c4C)/C=c3\[n-]/c(c(C)c3CC)=C\2)[C@@H](CCC(=O)OC/C=C(\C)CCC)[C@@H]1C.[Mg+2]. The van der Waals surface area contributed by atoms with Gasteiger partial charge in [-0.25, -0.2) is 4.79 Å². The van der Waals surface area contributed by atoms with Crippen LogP contribution in [0.1, 0.15) is 110 Å². The predicted molar refractivity (Wildman–Crippen MR) is 206 cm³/mol. The van der Waals surface area contributed by atoms with E-state index in [2.05, 4.69) is 34.3 Å². The molecule has 0 unspecified atom stereocenters. The van der Waals surface area contributed by atoms with E-state index in [-0.39, 0.29) is 65.2 Å².